The summed E-state index contributed by atoms with van der Waals surface area (Å²) in [6.45, 7) is 1.95. The average molecular weight is 414 g/mol. The summed E-state index contributed by atoms with van der Waals surface area (Å²) in [6.07, 6.45) is 13.2. The fraction of sp³-hybridized carbons (Fsp3) is 0.304. The zero-order valence-corrected chi connectivity index (χ0v) is 17.5. The molecule has 0 saturated carbocycles. The maximum atomic E-state index is 11.4. The first kappa shape index (κ1) is 22.8. The minimum absolute atomic E-state index is 0. The Morgan fingerprint density at radius 3 is 2.76 bits per heavy atom. The Hall–Kier alpha value is -2.47. The molecule has 0 aliphatic heterocycles. The van der Waals surface area contributed by atoms with Crippen LogP contribution < -0.4 is 5.48 Å². The van der Waals surface area contributed by atoms with Crippen LogP contribution in [0.4, 0.5) is 0 Å². The predicted molar refractivity (Wildman–Crippen MR) is 118 cm³/mol. The van der Waals surface area contributed by atoms with Gasteiger partial charge in [0.05, 0.1) is 0 Å². The number of hydrogen-bond donors (Lipinski definition) is 2. The van der Waals surface area contributed by atoms with E-state index in [1.165, 1.54) is 24.0 Å². The largest absolute Gasteiger partial charge is 0.302 e. The summed E-state index contributed by atoms with van der Waals surface area (Å²) < 4.78 is 0. The molecule has 0 spiro atoms. The van der Waals surface area contributed by atoms with Crippen molar-refractivity contribution < 1.29 is 10.0 Å². The molecule has 0 fully saturated rings. The lowest BCUT2D eigenvalue weighted by molar-refractivity contribution is 0.0701. The Balaban J connectivity index is 0.00000300. The number of amides is 1. The zero-order valence-electron chi connectivity index (χ0n) is 16.7. The molecule has 5 nitrogen and oxygen atoms in total. The molecule has 1 amide bonds. The summed E-state index contributed by atoms with van der Waals surface area (Å²) in [5.41, 5.74) is 6.49. The Bertz CT molecular complexity index is 863. The van der Waals surface area contributed by atoms with E-state index in [-0.39, 0.29) is 18.1 Å². The second-order valence-corrected chi connectivity index (χ2v) is 7.17. The van der Waals surface area contributed by atoms with E-state index in [0.717, 1.165) is 37.1 Å². The van der Waals surface area contributed by atoms with Gasteiger partial charge in [0.2, 0.25) is 0 Å². The molecule has 1 aliphatic rings. The number of rotatable bonds is 8. The molecular weight excluding hydrogens is 386 g/mol. The predicted octanol–water partition coefficient (Wildman–Crippen LogP) is 4.78. The van der Waals surface area contributed by atoms with Gasteiger partial charge in [-0.15, -0.1) is 12.4 Å². The Labute approximate surface area is 178 Å². The van der Waals surface area contributed by atoms with E-state index >= 15 is 0 Å². The summed E-state index contributed by atoms with van der Waals surface area (Å²) in [4.78, 5) is 17.8. The number of pyridine rings is 1. The van der Waals surface area contributed by atoms with Crippen molar-refractivity contribution in [3.05, 3.63) is 77.7 Å². The van der Waals surface area contributed by atoms with E-state index < -0.39 is 5.91 Å². The summed E-state index contributed by atoms with van der Waals surface area (Å²) in [6, 6.07) is 11.8. The molecule has 154 valence electrons. The molecule has 0 bridgehead atoms. The third-order valence-electron chi connectivity index (χ3n) is 4.89. The number of hydroxylamine groups is 1. The van der Waals surface area contributed by atoms with Gasteiger partial charge in [-0.25, -0.2) is 5.48 Å². The highest BCUT2D eigenvalue weighted by molar-refractivity contribution is 5.91. The van der Waals surface area contributed by atoms with Gasteiger partial charge < -0.3 is 4.90 Å². The first-order valence-electron chi connectivity index (χ1n) is 9.69. The molecule has 1 aromatic heterocycles. The first-order chi connectivity index (χ1) is 13.7. The summed E-state index contributed by atoms with van der Waals surface area (Å²) in [7, 11) is 2.15. The van der Waals surface area contributed by atoms with Gasteiger partial charge in [-0.3, -0.25) is 15.0 Å². The fourth-order valence-electron chi connectivity index (χ4n) is 3.40. The molecule has 0 saturated heterocycles. The van der Waals surface area contributed by atoms with Crippen molar-refractivity contribution in [1.29, 1.82) is 0 Å². The van der Waals surface area contributed by atoms with Crippen LogP contribution in [0.1, 0.15) is 41.7 Å². The standard InChI is InChI=1S/C23H27N3O2.ClH/c1-26(14-6-10-18-7-3-2-4-8-18)17-19-9-5-11-20(15-19)21-12-13-22(24-16-21)23(27)25-28;/h3,5,7-9,11-13,15-16,28H,2,4,6,10,14,17H2,1H3,(H,25,27);1H. The van der Waals surface area contributed by atoms with Crippen LogP contribution in [-0.2, 0) is 6.54 Å². The van der Waals surface area contributed by atoms with E-state index in [4.69, 9.17) is 5.21 Å². The quantitative estimate of drug-likeness (QED) is 0.483. The molecule has 2 N–H and O–H groups in total. The first-order valence-corrected chi connectivity index (χ1v) is 9.69. The minimum atomic E-state index is -0.610. The number of allylic oxidation sites excluding steroid dienone is 4. The van der Waals surface area contributed by atoms with Crippen molar-refractivity contribution in [2.75, 3.05) is 13.6 Å². The number of carbonyl (C=O) groups excluding carboxylic acids is 1. The van der Waals surface area contributed by atoms with Gasteiger partial charge >= 0.3 is 0 Å². The summed E-state index contributed by atoms with van der Waals surface area (Å²) in [5, 5.41) is 8.68. The van der Waals surface area contributed by atoms with Crippen LogP contribution in [-0.4, -0.2) is 34.6 Å². The van der Waals surface area contributed by atoms with E-state index in [1.807, 2.05) is 18.2 Å². The van der Waals surface area contributed by atoms with Crippen molar-refractivity contribution in [3.63, 3.8) is 0 Å². The van der Waals surface area contributed by atoms with Crippen LogP contribution in [0.3, 0.4) is 0 Å². The van der Waals surface area contributed by atoms with Crippen LogP contribution in [0.25, 0.3) is 11.1 Å². The number of halogens is 1. The molecule has 3 rings (SSSR count). The van der Waals surface area contributed by atoms with Crippen LogP contribution in [0.15, 0.2) is 66.4 Å². The highest BCUT2D eigenvalue weighted by atomic mass is 35.5. The van der Waals surface area contributed by atoms with Gasteiger partial charge in [0.1, 0.15) is 5.69 Å². The molecule has 6 heteroatoms. The molecule has 0 radical (unpaired) electrons. The molecule has 29 heavy (non-hydrogen) atoms. The van der Waals surface area contributed by atoms with Gasteiger partial charge in [0.15, 0.2) is 0 Å². The monoisotopic (exact) mass is 413 g/mol. The third kappa shape index (κ3) is 6.82. The zero-order chi connectivity index (χ0) is 19.8. The number of carbonyl (C=O) groups is 1. The lowest BCUT2D eigenvalue weighted by Crippen LogP contribution is -2.19. The van der Waals surface area contributed by atoms with Crippen molar-refractivity contribution in [1.82, 2.24) is 15.4 Å². The van der Waals surface area contributed by atoms with Gasteiger partial charge in [0, 0.05) is 18.3 Å². The van der Waals surface area contributed by atoms with Crippen LogP contribution in [0.5, 0.6) is 0 Å². The van der Waals surface area contributed by atoms with Gasteiger partial charge in [0.25, 0.3) is 5.91 Å². The number of nitrogens with one attached hydrogen (secondary N) is 1. The molecule has 0 atom stereocenters. The molecule has 1 aromatic carbocycles. The lowest BCUT2D eigenvalue weighted by Gasteiger charge is -2.17. The third-order valence-corrected chi connectivity index (χ3v) is 4.89. The highest BCUT2D eigenvalue weighted by Gasteiger charge is 2.07. The van der Waals surface area contributed by atoms with Crippen molar-refractivity contribution >= 4 is 18.3 Å². The molecule has 0 unspecified atom stereocenters. The van der Waals surface area contributed by atoms with E-state index in [1.54, 1.807) is 17.7 Å². The Morgan fingerprint density at radius 1 is 1.21 bits per heavy atom. The maximum Gasteiger partial charge on any atom is 0.293 e. The Morgan fingerprint density at radius 2 is 2.07 bits per heavy atom. The molecule has 1 aliphatic carbocycles. The molecule has 2 aromatic rings. The van der Waals surface area contributed by atoms with Crippen molar-refractivity contribution in [2.45, 2.75) is 32.2 Å². The fourth-order valence-corrected chi connectivity index (χ4v) is 3.40. The minimum Gasteiger partial charge on any atom is -0.302 e. The van der Waals surface area contributed by atoms with E-state index in [9.17, 15) is 4.79 Å². The normalized spacial score (nSPS) is 13.0. The topological polar surface area (TPSA) is 65.5 Å². The second kappa shape index (κ2) is 11.5. The van der Waals surface area contributed by atoms with Crippen LogP contribution >= 0.6 is 12.4 Å². The summed E-state index contributed by atoms with van der Waals surface area (Å²) >= 11 is 0. The van der Waals surface area contributed by atoms with Crippen molar-refractivity contribution in [3.8, 4) is 11.1 Å². The SMILES string of the molecule is CN(CCCC1=CCCC=C1)Cc1cccc(-c2ccc(C(=O)NO)nc2)c1.Cl. The number of hydrogen-bond acceptors (Lipinski definition) is 4. The highest BCUT2D eigenvalue weighted by Crippen LogP contribution is 2.21. The Kier molecular flexibility index (Phi) is 9.06. The average Bonchev–Trinajstić information content (AvgIpc) is 2.74. The lowest BCUT2D eigenvalue weighted by atomic mass is 10.0. The number of nitrogens with zero attached hydrogens (tertiary/aromatic N) is 2. The number of benzene rings is 1. The second-order valence-electron chi connectivity index (χ2n) is 7.17. The van der Waals surface area contributed by atoms with E-state index in [2.05, 4.69) is 47.3 Å². The maximum absolute atomic E-state index is 11.4. The number of aromatic nitrogens is 1. The van der Waals surface area contributed by atoms with Crippen LogP contribution in [0, 0.1) is 0 Å². The molecular formula is C23H28ClN3O2. The summed E-state index contributed by atoms with van der Waals surface area (Å²) in [5.74, 6) is -0.610. The smallest absolute Gasteiger partial charge is 0.293 e. The van der Waals surface area contributed by atoms with E-state index in [0.29, 0.717) is 0 Å². The van der Waals surface area contributed by atoms with Crippen LogP contribution in [0.2, 0.25) is 0 Å². The molecule has 1 heterocycles. The van der Waals surface area contributed by atoms with Gasteiger partial charge in [-0.05, 0) is 62.5 Å². The van der Waals surface area contributed by atoms with Gasteiger partial charge in [-0.1, -0.05) is 48.1 Å². The van der Waals surface area contributed by atoms with Gasteiger partial charge in [-0.2, -0.15) is 0 Å². The van der Waals surface area contributed by atoms with Crippen molar-refractivity contribution in [2.24, 2.45) is 0 Å².